The molecule has 1 heterocycles. The molecule has 0 spiro atoms. The summed E-state index contributed by atoms with van der Waals surface area (Å²) in [6.45, 7) is 6.79. The number of hydrogen-bond donors (Lipinski definition) is 1. The number of carbonyl (C=O) groups excluding carboxylic acids is 1. The van der Waals surface area contributed by atoms with Crippen molar-refractivity contribution in [2.75, 3.05) is 0 Å². The van der Waals surface area contributed by atoms with Gasteiger partial charge in [-0.25, -0.2) is 0 Å². The Labute approximate surface area is 93.8 Å². The fourth-order valence-electron chi connectivity index (χ4n) is 1.96. The first-order valence-electron chi connectivity index (χ1n) is 5.22. The Morgan fingerprint density at radius 2 is 2.06 bits per heavy atom. The number of carbonyl (C=O) groups is 1. The number of aromatic nitrogens is 1. The van der Waals surface area contributed by atoms with E-state index in [1.165, 1.54) is 6.20 Å². The smallest absolute Gasteiger partial charge is 0.269 e. The highest BCUT2D eigenvalue weighted by atomic mass is 16.3. The largest absolute Gasteiger partial charge is 0.385 e. The average Bonchev–Trinajstić information content (AvgIpc) is 2.33. The fourth-order valence-corrected chi connectivity index (χ4v) is 1.96. The standard InChI is InChI=1S/C12H12N2O2/c1-13-11-3-2-9(8-14-11)12(16)6-4-10(15)5-7-12/h2-3,8,16H,4-7H2. The highest BCUT2D eigenvalue weighted by molar-refractivity contribution is 5.79. The van der Waals surface area contributed by atoms with Crippen LogP contribution in [0.4, 0.5) is 5.82 Å². The van der Waals surface area contributed by atoms with Crippen LogP contribution in [0, 0.1) is 6.57 Å². The monoisotopic (exact) mass is 216 g/mol. The first-order chi connectivity index (χ1) is 7.64. The van der Waals surface area contributed by atoms with E-state index in [1.807, 2.05) is 0 Å². The van der Waals surface area contributed by atoms with Crippen LogP contribution in [0.2, 0.25) is 0 Å². The van der Waals surface area contributed by atoms with Gasteiger partial charge in [0.2, 0.25) is 0 Å². The summed E-state index contributed by atoms with van der Waals surface area (Å²) < 4.78 is 0. The second kappa shape index (κ2) is 4.03. The van der Waals surface area contributed by atoms with Crippen LogP contribution in [0.5, 0.6) is 0 Å². The summed E-state index contributed by atoms with van der Waals surface area (Å²) in [6, 6.07) is 3.31. The zero-order valence-corrected chi connectivity index (χ0v) is 8.81. The van der Waals surface area contributed by atoms with Gasteiger partial charge in [0.25, 0.3) is 5.82 Å². The maximum absolute atomic E-state index is 11.1. The van der Waals surface area contributed by atoms with Gasteiger partial charge in [-0.3, -0.25) is 4.79 Å². The molecule has 0 bridgehead atoms. The Morgan fingerprint density at radius 3 is 2.56 bits per heavy atom. The molecule has 0 saturated heterocycles. The molecule has 1 N–H and O–H groups in total. The molecule has 1 aliphatic carbocycles. The normalized spacial score (nSPS) is 19.1. The molecule has 0 atom stereocenters. The molecule has 1 aromatic heterocycles. The molecular formula is C12H12N2O2. The van der Waals surface area contributed by atoms with Crippen molar-refractivity contribution in [3.63, 3.8) is 0 Å². The molecule has 0 unspecified atom stereocenters. The van der Waals surface area contributed by atoms with Crippen LogP contribution in [0.25, 0.3) is 4.85 Å². The molecule has 1 fully saturated rings. The van der Waals surface area contributed by atoms with E-state index in [4.69, 9.17) is 6.57 Å². The molecule has 0 radical (unpaired) electrons. The molecule has 0 aliphatic heterocycles. The number of ketones is 1. The van der Waals surface area contributed by atoms with E-state index in [2.05, 4.69) is 9.83 Å². The van der Waals surface area contributed by atoms with Gasteiger partial charge in [0.15, 0.2) is 0 Å². The van der Waals surface area contributed by atoms with Crippen LogP contribution in [-0.2, 0) is 10.4 Å². The molecule has 1 aromatic rings. The number of hydrogen-bond acceptors (Lipinski definition) is 3. The fraction of sp³-hybridized carbons (Fsp3) is 0.417. The minimum absolute atomic E-state index is 0.204. The van der Waals surface area contributed by atoms with Gasteiger partial charge in [0, 0.05) is 18.4 Å². The van der Waals surface area contributed by atoms with Gasteiger partial charge >= 0.3 is 0 Å². The van der Waals surface area contributed by atoms with Gasteiger partial charge in [0.05, 0.1) is 5.60 Å². The highest BCUT2D eigenvalue weighted by Gasteiger charge is 2.34. The SMILES string of the molecule is [C-]#[N+]c1ccc(C2(O)CCC(=O)CC2)cn1. The predicted molar refractivity (Wildman–Crippen MR) is 57.9 cm³/mol. The van der Waals surface area contributed by atoms with Crippen molar-refractivity contribution in [3.8, 4) is 0 Å². The molecule has 0 aromatic carbocycles. The lowest BCUT2D eigenvalue weighted by Crippen LogP contribution is -2.31. The van der Waals surface area contributed by atoms with Crippen LogP contribution in [-0.4, -0.2) is 15.9 Å². The Kier molecular flexibility index (Phi) is 2.71. The van der Waals surface area contributed by atoms with Crippen molar-refractivity contribution < 1.29 is 9.90 Å². The third-order valence-electron chi connectivity index (χ3n) is 3.03. The number of Topliss-reactive ketones (excluding diaryl/α,β-unsaturated/α-hetero) is 1. The van der Waals surface area contributed by atoms with Gasteiger partial charge < -0.3 is 9.95 Å². The molecule has 4 nitrogen and oxygen atoms in total. The zero-order chi connectivity index (χ0) is 11.6. The number of aliphatic hydroxyl groups is 1. The molecule has 1 aliphatic rings. The minimum Gasteiger partial charge on any atom is -0.385 e. The van der Waals surface area contributed by atoms with Crippen molar-refractivity contribution in [1.82, 2.24) is 4.98 Å². The van der Waals surface area contributed by atoms with Crippen LogP contribution >= 0.6 is 0 Å². The van der Waals surface area contributed by atoms with Crippen LogP contribution in [0.3, 0.4) is 0 Å². The Balaban J connectivity index is 2.23. The lowest BCUT2D eigenvalue weighted by Gasteiger charge is -2.30. The summed E-state index contributed by atoms with van der Waals surface area (Å²) in [5.74, 6) is 0.523. The van der Waals surface area contributed by atoms with Crippen LogP contribution < -0.4 is 0 Å². The van der Waals surface area contributed by atoms with Gasteiger partial charge in [0.1, 0.15) is 12.0 Å². The van der Waals surface area contributed by atoms with E-state index in [-0.39, 0.29) is 5.78 Å². The van der Waals surface area contributed by atoms with Gasteiger partial charge in [-0.05, 0) is 18.9 Å². The topological polar surface area (TPSA) is 54.5 Å². The van der Waals surface area contributed by atoms with E-state index in [0.29, 0.717) is 37.1 Å². The van der Waals surface area contributed by atoms with Gasteiger partial charge in [-0.2, -0.15) is 0 Å². The summed E-state index contributed by atoms with van der Waals surface area (Å²) in [5.41, 5.74) is -0.242. The Morgan fingerprint density at radius 1 is 1.38 bits per heavy atom. The third kappa shape index (κ3) is 1.95. The van der Waals surface area contributed by atoms with Gasteiger partial charge in [-0.15, -0.1) is 4.98 Å². The van der Waals surface area contributed by atoms with E-state index in [0.717, 1.165) is 0 Å². The Bertz CT molecular complexity index is 435. The lowest BCUT2D eigenvalue weighted by atomic mass is 9.80. The molecule has 16 heavy (non-hydrogen) atoms. The summed E-state index contributed by atoms with van der Waals surface area (Å²) >= 11 is 0. The predicted octanol–water partition coefficient (Wildman–Crippen LogP) is 1.96. The number of rotatable bonds is 1. The van der Waals surface area contributed by atoms with E-state index < -0.39 is 5.60 Å². The minimum atomic E-state index is -0.943. The molecule has 0 amide bonds. The van der Waals surface area contributed by atoms with Crippen molar-refractivity contribution >= 4 is 11.6 Å². The van der Waals surface area contributed by atoms with E-state index in [9.17, 15) is 9.90 Å². The van der Waals surface area contributed by atoms with Crippen molar-refractivity contribution in [3.05, 3.63) is 35.3 Å². The third-order valence-corrected chi connectivity index (χ3v) is 3.03. The summed E-state index contributed by atoms with van der Waals surface area (Å²) in [6.07, 6.45) is 3.26. The summed E-state index contributed by atoms with van der Waals surface area (Å²) in [4.78, 5) is 18.2. The first-order valence-corrected chi connectivity index (χ1v) is 5.22. The second-order valence-electron chi connectivity index (χ2n) is 4.09. The van der Waals surface area contributed by atoms with E-state index in [1.54, 1.807) is 12.1 Å². The molecule has 82 valence electrons. The zero-order valence-electron chi connectivity index (χ0n) is 8.81. The number of pyridine rings is 1. The molecule has 4 heteroatoms. The van der Waals surface area contributed by atoms with Crippen molar-refractivity contribution in [1.29, 1.82) is 0 Å². The summed E-state index contributed by atoms with van der Waals surface area (Å²) in [5, 5.41) is 10.4. The lowest BCUT2D eigenvalue weighted by molar-refractivity contribution is -0.125. The van der Waals surface area contributed by atoms with Gasteiger partial charge in [-0.1, -0.05) is 12.6 Å². The molecule has 2 rings (SSSR count). The maximum atomic E-state index is 11.1. The van der Waals surface area contributed by atoms with Crippen LogP contribution in [0.15, 0.2) is 18.3 Å². The second-order valence-corrected chi connectivity index (χ2v) is 4.09. The quantitative estimate of drug-likeness (QED) is 0.730. The van der Waals surface area contributed by atoms with E-state index >= 15 is 0 Å². The first kappa shape index (κ1) is 10.8. The molecular weight excluding hydrogens is 204 g/mol. The Hall–Kier alpha value is -1.73. The molecule has 1 saturated carbocycles. The average molecular weight is 216 g/mol. The van der Waals surface area contributed by atoms with Crippen molar-refractivity contribution in [2.45, 2.75) is 31.3 Å². The van der Waals surface area contributed by atoms with Crippen molar-refractivity contribution in [2.24, 2.45) is 0 Å². The maximum Gasteiger partial charge on any atom is 0.269 e. The van der Waals surface area contributed by atoms with Crippen LogP contribution in [0.1, 0.15) is 31.2 Å². The number of nitrogens with zero attached hydrogens (tertiary/aromatic N) is 2. The highest BCUT2D eigenvalue weighted by Crippen LogP contribution is 2.35. The summed E-state index contributed by atoms with van der Waals surface area (Å²) in [7, 11) is 0.